The number of rotatable bonds is 3. The van der Waals surface area contributed by atoms with Crippen molar-refractivity contribution in [2.45, 2.75) is 45.1 Å². The lowest BCUT2D eigenvalue weighted by Gasteiger charge is -2.36. The topological polar surface area (TPSA) is 41.5 Å². The van der Waals surface area contributed by atoms with Crippen molar-refractivity contribution in [3.63, 3.8) is 0 Å². The van der Waals surface area contributed by atoms with E-state index in [0.29, 0.717) is 6.10 Å². The number of anilines is 1. The lowest BCUT2D eigenvalue weighted by Crippen LogP contribution is -2.48. The molecular weight excluding hydrogens is 344 g/mol. The number of nitrogens with zero attached hydrogens (tertiary/aromatic N) is 4. The summed E-state index contributed by atoms with van der Waals surface area (Å²) in [6.45, 7) is 8.74. The van der Waals surface area contributed by atoms with Gasteiger partial charge in [-0.2, -0.15) is 0 Å². The van der Waals surface area contributed by atoms with Crippen LogP contribution in [-0.2, 0) is 17.6 Å². The Hall–Kier alpha value is -1.24. The molecule has 2 aromatic rings. The highest BCUT2D eigenvalue weighted by Gasteiger charge is 2.27. The van der Waals surface area contributed by atoms with Crippen molar-refractivity contribution in [1.82, 2.24) is 14.9 Å². The number of hydrogen-bond acceptors (Lipinski definition) is 6. The largest absolute Gasteiger partial charge is 0.377 e. The van der Waals surface area contributed by atoms with Crippen molar-refractivity contribution >= 4 is 27.4 Å². The van der Waals surface area contributed by atoms with Crippen molar-refractivity contribution in [2.75, 3.05) is 44.2 Å². The molecule has 5 rings (SSSR count). The summed E-state index contributed by atoms with van der Waals surface area (Å²) < 4.78 is 5.81. The highest BCUT2D eigenvalue weighted by molar-refractivity contribution is 7.19. The summed E-state index contributed by atoms with van der Waals surface area (Å²) in [5.74, 6) is 1.98. The van der Waals surface area contributed by atoms with E-state index in [1.165, 1.54) is 48.1 Å². The zero-order chi connectivity index (χ0) is 17.5. The number of ether oxygens (including phenoxy) is 1. The maximum Gasteiger partial charge on any atom is 0.141 e. The monoisotopic (exact) mass is 372 g/mol. The second-order valence-corrected chi connectivity index (χ2v) is 9.24. The van der Waals surface area contributed by atoms with Gasteiger partial charge in [-0.25, -0.2) is 9.97 Å². The Kier molecular flexibility index (Phi) is 4.59. The smallest absolute Gasteiger partial charge is 0.141 e. The van der Waals surface area contributed by atoms with Gasteiger partial charge in [0.1, 0.15) is 17.0 Å². The molecule has 1 aliphatic carbocycles. The van der Waals surface area contributed by atoms with Crippen LogP contribution in [0.5, 0.6) is 0 Å². The summed E-state index contributed by atoms with van der Waals surface area (Å²) in [5.41, 5.74) is 1.54. The summed E-state index contributed by atoms with van der Waals surface area (Å²) in [6, 6.07) is 0. The van der Waals surface area contributed by atoms with E-state index in [4.69, 9.17) is 9.72 Å². The predicted octanol–water partition coefficient (Wildman–Crippen LogP) is 3.12. The van der Waals surface area contributed by atoms with Crippen LogP contribution in [0.15, 0.2) is 6.33 Å². The lowest BCUT2D eigenvalue weighted by atomic mass is 9.89. The Morgan fingerprint density at radius 1 is 1.19 bits per heavy atom. The fourth-order valence-corrected chi connectivity index (χ4v) is 6.06. The standard InChI is InChI=1S/C20H28N4OS/c1-14-4-5-16-17(11-14)26-20-18(16)19(21-13-22-20)24-8-6-23(7-9-24)12-15-3-2-10-25-15/h13-15H,2-12H2,1H3/t14-,15+/m0/s1. The van der Waals surface area contributed by atoms with Crippen LogP contribution < -0.4 is 4.90 Å². The van der Waals surface area contributed by atoms with E-state index in [0.717, 1.165) is 45.2 Å². The summed E-state index contributed by atoms with van der Waals surface area (Å²) in [5, 5.41) is 1.35. The summed E-state index contributed by atoms with van der Waals surface area (Å²) in [4.78, 5) is 17.1. The van der Waals surface area contributed by atoms with Crippen LogP contribution in [0.3, 0.4) is 0 Å². The van der Waals surface area contributed by atoms with Crippen LogP contribution in [0.2, 0.25) is 0 Å². The molecule has 4 heterocycles. The van der Waals surface area contributed by atoms with E-state index in [1.54, 1.807) is 16.8 Å². The first kappa shape index (κ1) is 16.9. The summed E-state index contributed by atoms with van der Waals surface area (Å²) in [7, 11) is 0. The molecule has 2 atom stereocenters. The highest BCUT2D eigenvalue weighted by atomic mass is 32.1. The third kappa shape index (κ3) is 3.12. The quantitative estimate of drug-likeness (QED) is 0.828. The number of fused-ring (bicyclic) bond motifs is 3. The minimum absolute atomic E-state index is 0.457. The molecule has 26 heavy (non-hydrogen) atoms. The van der Waals surface area contributed by atoms with Gasteiger partial charge in [0.25, 0.3) is 0 Å². The summed E-state index contributed by atoms with van der Waals surface area (Å²) in [6.07, 6.45) is 8.38. The molecular formula is C20H28N4OS. The van der Waals surface area contributed by atoms with Crippen LogP contribution in [-0.4, -0.2) is 60.3 Å². The van der Waals surface area contributed by atoms with Gasteiger partial charge in [0, 0.05) is 44.2 Å². The van der Waals surface area contributed by atoms with E-state index in [9.17, 15) is 0 Å². The number of piperazine rings is 1. The molecule has 140 valence electrons. The first-order chi connectivity index (χ1) is 12.8. The average Bonchev–Trinajstić information content (AvgIpc) is 3.29. The highest BCUT2D eigenvalue weighted by Crippen LogP contribution is 2.40. The second kappa shape index (κ2) is 7.06. The Morgan fingerprint density at radius 2 is 2.08 bits per heavy atom. The van der Waals surface area contributed by atoms with Gasteiger partial charge in [0.15, 0.2) is 0 Å². The second-order valence-electron chi connectivity index (χ2n) is 8.15. The minimum Gasteiger partial charge on any atom is -0.377 e. The average molecular weight is 373 g/mol. The zero-order valence-electron chi connectivity index (χ0n) is 15.6. The third-order valence-electron chi connectivity index (χ3n) is 6.23. The fourth-order valence-electron chi connectivity index (χ4n) is 4.72. The maximum absolute atomic E-state index is 5.81. The molecule has 0 N–H and O–H groups in total. The molecule has 2 aliphatic heterocycles. The van der Waals surface area contributed by atoms with Gasteiger partial charge in [0.05, 0.1) is 11.5 Å². The Morgan fingerprint density at radius 3 is 2.88 bits per heavy atom. The molecule has 3 aliphatic rings. The van der Waals surface area contributed by atoms with Crippen LogP contribution >= 0.6 is 11.3 Å². The van der Waals surface area contributed by atoms with Crippen LogP contribution in [0.25, 0.3) is 10.2 Å². The van der Waals surface area contributed by atoms with Gasteiger partial charge in [-0.3, -0.25) is 4.90 Å². The van der Waals surface area contributed by atoms with Crippen molar-refractivity contribution in [2.24, 2.45) is 5.92 Å². The Balaban J connectivity index is 1.35. The van der Waals surface area contributed by atoms with Gasteiger partial charge in [0.2, 0.25) is 0 Å². The van der Waals surface area contributed by atoms with Crippen LogP contribution in [0, 0.1) is 5.92 Å². The summed E-state index contributed by atoms with van der Waals surface area (Å²) >= 11 is 1.90. The SMILES string of the molecule is C[C@H]1CCc2c(sc3ncnc(N4CCN(C[C@H]5CCCO5)CC4)c23)C1. The van der Waals surface area contributed by atoms with E-state index in [1.807, 2.05) is 11.3 Å². The van der Waals surface area contributed by atoms with Gasteiger partial charge in [-0.15, -0.1) is 11.3 Å². The number of aromatic nitrogens is 2. The van der Waals surface area contributed by atoms with Gasteiger partial charge < -0.3 is 9.64 Å². The number of hydrogen-bond donors (Lipinski definition) is 0. The predicted molar refractivity (Wildman–Crippen MR) is 106 cm³/mol. The first-order valence-electron chi connectivity index (χ1n) is 10.1. The molecule has 0 aromatic carbocycles. The van der Waals surface area contributed by atoms with Gasteiger partial charge in [-0.05, 0) is 43.6 Å². The van der Waals surface area contributed by atoms with E-state index in [2.05, 4.69) is 21.7 Å². The molecule has 0 spiro atoms. The van der Waals surface area contributed by atoms with Crippen molar-refractivity contribution in [3.05, 3.63) is 16.8 Å². The van der Waals surface area contributed by atoms with Gasteiger partial charge in [-0.1, -0.05) is 6.92 Å². The fraction of sp³-hybridized carbons (Fsp3) is 0.700. The molecule has 0 bridgehead atoms. The molecule has 0 unspecified atom stereocenters. The molecule has 5 nitrogen and oxygen atoms in total. The zero-order valence-corrected chi connectivity index (χ0v) is 16.4. The molecule has 2 saturated heterocycles. The van der Waals surface area contributed by atoms with Crippen molar-refractivity contribution in [1.29, 1.82) is 0 Å². The molecule has 0 amide bonds. The van der Waals surface area contributed by atoms with E-state index < -0.39 is 0 Å². The van der Waals surface area contributed by atoms with Crippen molar-refractivity contribution in [3.8, 4) is 0 Å². The maximum atomic E-state index is 5.81. The third-order valence-corrected chi connectivity index (χ3v) is 7.39. The molecule has 0 saturated carbocycles. The number of thiophene rings is 1. The van der Waals surface area contributed by atoms with Crippen molar-refractivity contribution < 1.29 is 4.74 Å². The Labute approximate surface area is 159 Å². The van der Waals surface area contributed by atoms with E-state index in [-0.39, 0.29) is 0 Å². The lowest BCUT2D eigenvalue weighted by molar-refractivity contribution is 0.0712. The first-order valence-corrected chi connectivity index (χ1v) is 10.9. The Bertz CT molecular complexity index is 777. The van der Waals surface area contributed by atoms with Gasteiger partial charge >= 0.3 is 0 Å². The normalized spacial score (nSPS) is 27.2. The molecule has 2 aromatic heterocycles. The minimum atomic E-state index is 0.457. The van der Waals surface area contributed by atoms with E-state index >= 15 is 0 Å². The molecule has 6 heteroatoms. The number of aryl methyl sites for hydroxylation is 1. The molecule has 2 fully saturated rings. The molecule has 0 radical (unpaired) electrons. The van der Waals surface area contributed by atoms with Crippen LogP contribution in [0.1, 0.15) is 36.6 Å². The van der Waals surface area contributed by atoms with Crippen LogP contribution in [0.4, 0.5) is 5.82 Å².